The molecule has 1 aromatic rings. The Morgan fingerprint density at radius 2 is 2.00 bits per heavy atom. The van der Waals surface area contributed by atoms with Gasteiger partial charge in [0.1, 0.15) is 0 Å². The summed E-state index contributed by atoms with van der Waals surface area (Å²) in [6.45, 7) is 7.98. The van der Waals surface area contributed by atoms with Crippen molar-refractivity contribution in [1.82, 2.24) is 0 Å². The first kappa shape index (κ1) is 13.9. The summed E-state index contributed by atoms with van der Waals surface area (Å²) in [5, 5.41) is 0.741. The van der Waals surface area contributed by atoms with E-state index in [4.69, 9.17) is 17.3 Å². The summed E-state index contributed by atoms with van der Waals surface area (Å²) in [7, 11) is 0. The van der Waals surface area contributed by atoms with Crippen LogP contribution in [0.15, 0.2) is 18.2 Å². The van der Waals surface area contributed by atoms with E-state index in [1.54, 1.807) is 0 Å². The zero-order valence-corrected chi connectivity index (χ0v) is 11.4. The van der Waals surface area contributed by atoms with E-state index in [1.807, 2.05) is 25.1 Å². The van der Waals surface area contributed by atoms with E-state index in [2.05, 4.69) is 30.6 Å². The number of nitrogens with zero attached hydrogens (tertiary/aromatic N) is 1. The maximum absolute atomic E-state index is 6.26. The lowest BCUT2D eigenvalue weighted by atomic mass is 10.2. The van der Waals surface area contributed by atoms with Gasteiger partial charge >= 0.3 is 0 Å². The molecule has 0 heterocycles. The second-order valence-electron chi connectivity index (χ2n) is 3.90. The minimum Gasteiger partial charge on any atom is -0.371 e. The topological polar surface area (TPSA) is 29.3 Å². The molecule has 2 nitrogen and oxygen atoms in total. The normalized spacial score (nSPS) is 11.6. The van der Waals surface area contributed by atoms with Crippen LogP contribution in [0.25, 0.3) is 0 Å². The first-order chi connectivity index (χ1) is 8.08. The highest BCUT2D eigenvalue weighted by atomic mass is 35.5. The third-order valence-electron chi connectivity index (χ3n) is 2.50. The Labute approximate surface area is 109 Å². The number of benzene rings is 1. The molecular weight excluding hydrogens is 232 g/mol. The van der Waals surface area contributed by atoms with Gasteiger partial charge in [0.15, 0.2) is 0 Å². The largest absolute Gasteiger partial charge is 0.371 e. The first-order valence-corrected chi connectivity index (χ1v) is 6.27. The number of hydrogen-bond donors (Lipinski definition) is 1. The van der Waals surface area contributed by atoms with E-state index in [9.17, 15) is 0 Å². The molecule has 0 spiro atoms. The van der Waals surface area contributed by atoms with Crippen molar-refractivity contribution in [2.75, 3.05) is 18.0 Å². The average molecular weight is 251 g/mol. The van der Waals surface area contributed by atoms with Gasteiger partial charge in [-0.1, -0.05) is 23.4 Å². The van der Waals surface area contributed by atoms with Crippen LogP contribution in [-0.2, 0) is 0 Å². The second-order valence-corrected chi connectivity index (χ2v) is 4.30. The van der Waals surface area contributed by atoms with Gasteiger partial charge < -0.3 is 10.6 Å². The summed E-state index contributed by atoms with van der Waals surface area (Å²) in [5.41, 5.74) is 7.55. The molecule has 0 bridgehead atoms. The van der Waals surface area contributed by atoms with Crippen molar-refractivity contribution >= 4 is 17.3 Å². The Morgan fingerprint density at radius 3 is 2.47 bits per heavy atom. The molecule has 0 saturated heterocycles. The molecule has 0 aliphatic heterocycles. The molecule has 17 heavy (non-hydrogen) atoms. The van der Waals surface area contributed by atoms with Crippen molar-refractivity contribution in [3.05, 3.63) is 28.8 Å². The summed E-state index contributed by atoms with van der Waals surface area (Å²) >= 11 is 6.26. The molecule has 0 aliphatic rings. The minimum atomic E-state index is -0.115. The molecule has 1 unspecified atom stereocenters. The first-order valence-electron chi connectivity index (χ1n) is 5.90. The lowest BCUT2D eigenvalue weighted by Gasteiger charge is -2.22. The monoisotopic (exact) mass is 250 g/mol. The van der Waals surface area contributed by atoms with Crippen LogP contribution in [0.1, 0.15) is 26.3 Å². The number of halogens is 1. The predicted octanol–water partition coefficient (Wildman–Crippen LogP) is 2.88. The van der Waals surface area contributed by atoms with Crippen molar-refractivity contribution in [3.8, 4) is 11.8 Å². The number of hydrogen-bond acceptors (Lipinski definition) is 2. The van der Waals surface area contributed by atoms with Gasteiger partial charge in [0.05, 0.1) is 16.8 Å². The average Bonchev–Trinajstić information content (AvgIpc) is 2.30. The third kappa shape index (κ3) is 3.96. The van der Waals surface area contributed by atoms with Gasteiger partial charge in [0.25, 0.3) is 0 Å². The zero-order chi connectivity index (χ0) is 12.8. The van der Waals surface area contributed by atoms with E-state index in [0.29, 0.717) is 0 Å². The third-order valence-corrected chi connectivity index (χ3v) is 2.80. The van der Waals surface area contributed by atoms with Crippen LogP contribution in [0, 0.1) is 11.8 Å². The number of nitrogens with two attached hydrogens (primary N) is 1. The fourth-order valence-corrected chi connectivity index (χ4v) is 1.90. The van der Waals surface area contributed by atoms with Gasteiger partial charge in [-0.15, -0.1) is 0 Å². The Bertz CT molecular complexity index is 426. The molecule has 0 aromatic heterocycles. The molecular formula is C14H19ClN2. The van der Waals surface area contributed by atoms with Crippen LogP contribution < -0.4 is 10.6 Å². The van der Waals surface area contributed by atoms with Crippen LogP contribution in [0.5, 0.6) is 0 Å². The molecule has 0 fully saturated rings. The van der Waals surface area contributed by atoms with E-state index in [0.717, 1.165) is 29.4 Å². The number of anilines is 1. The van der Waals surface area contributed by atoms with Crippen molar-refractivity contribution < 1.29 is 0 Å². The van der Waals surface area contributed by atoms with Gasteiger partial charge in [-0.2, -0.15) is 0 Å². The quantitative estimate of drug-likeness (QED) is 0.836. The molecule has 0 amide bonds. The molecule has 0 radical (unpaired) electrons. The Hall–Kier alpha value is -1.17. The van der Waals surface area contributed by atoms with Gasteiger partial charge in [0, 0.05) is 18.7 Å². The van der Waals surface area contributed by atoms with Gasteiger partial charge in [-0.05, 0) is 39.0 Å². The fourth-order valence-electron chi connectivity index (χ4n) is 1.60. The molecule has 92 valence electrons. The summed E-state index contributed by atoms with van der Waals surface area (Å²) < 4.78 is 0. The van der Waals surface area contributed by atoms with Crippen LogP contribution in [0.2, 0.25) is 5.02 Å². The highest BCUT2D eigenvalue weighted by Crippen LogP contribution is 2.26. The Balaban J connectivity index is 2.98. The molecule has 1 rings (SSSR count). The van der Waals surface area contributed by atoms with Gasteiger partial charge in [-0.25, -0.2) is 0 Å². The lowest BCUT2D eigenvalue weighted by Crippen LogP contribution is -2.22. The van der Waals surface area contributed by atoms with Crippen LogP contribution in [0.3, 0.4) is 0 Å². The highest BCUT2D eigenvalue weighted by molar-refractivity contribution is 6.33. The summed E-state index contributed by atoms with van der Waals surface area (Å²) in [6.07, 6.45) is 0. The Kier molecular flexibility index (Phi) is 5.34. The molecule has 0 saturated carbocycles. The van der Waals surface area contributed by atoms with E-state index >= 15 is 0 Å². The lowest BCUT2D eigenvalue weighted by molar-refractivity contribution is 0.866. The van der Waals surface area contributed by atoms with Crippen molar-refractivity contribution in [2.45, 2.75) is 26.8 Å². The minimum absolute atomic E-state index is 0.115. The molecule has 3 heteroatoms. The molecule has 1 aromatic carbocycles. The van der Waals surface area contributed by atoms with Crippen molar-refractivity contribution in [2.24, 2.45) is 5.73 Å². The van der Waals surface area contributed by atoms with E-state index < -0.39 is 0 Å². The molecule has 0 aliphatic carbocycles. The smallest absolute Gasteiger partial charge is 0.0651 e. The maximum Gasteiger partial charge on any atom is 0.0651 e. The molecule has 2 N–H and O–H groups in total. The second kappa shape index (κ2) is 6.54. The van der Waals surface area contributed by atoms with Crippen LogP contribution in [0.4, 0.5) is 5.69 Å². The van der Waals surface area contributed by atoms with E-state index in [-0.39, 0.29) is 6.04 Å². The van der Waals surface area contributed by atoms with Gasteiger partial charge in [0.2, 0.25) is 0 Å². The standard InChI is InChI=1S/C14H19ClN2/c1-4-17(5-2)14-9-8-12(10-13(14)15)7-6-11(3)16/h8-11H,4-5,16H2,1-3H3. The predicted molar refractivity (Wildman–Crippen MR) is 75.5 cm³/mol. The Morgan fingerprint density at radius 1 is 1.35 bits per heavy atom. The van der Waals surface area contributed by atoms with E-state index in [1.165, 1.54) is 0 Å². The summed E-state index contributed by atoms with van der Waals surface area (Å²) in [5.74, 6) is 5.93. The van der Waals surface area contributed by atoms with Crippen molar-refractivity contribution in [3.63, 3.8) is 0 Å². The molecule has 1 atom stereocenters. The summed E-state index contributed by atoms with van der Waals surface area (Å²) in [4.78, 5) is 2.21. The van der Waals surface area contributed by atoms with Crippen molar-refractivity contribution in [1.29, 1.82) is 0 Å². The zero-order valence-electron chi connectivity index (χ0n) is 10.6. The van der Waals surface area contributed by atoms with Crippen LogP contribution >= 0.6 is 11.6 Å². The SMILES string of the molecule is CCN(CC)c1ccc(C#CC(C)N)cc1Cl. The maximum atomic E-state index is 6.26. The fraction of sp³-hybridized carbons (Fsp3) is 0.429. The number of rotatable bonds is 3. The summed E-state index contributed by atoms with van der Waals surface area (Å²) in [6, 6.07) is 5.77. The highest BCUT2D eigenvalue weighted by Gasteiger charge is 2.06. The van der Waals surface area contributed by atoms with Gasteiger partial charge in [-0.3, -0.25) is 0 Å². The van der Waals surface area contributed by atoms with Crippen LogP contribution in [-0.4, -0.2) is 19.1 Å².